The number of hydrogen-bond donors (Lipinski definition) is 0. The average Bonchev–Trinajstić information content (AvgIpc) is 2.75. The van der Waals surface area contributed by atoms with Crippen molar-refractivity contribution in [2.75, 3.05) is 7.11 Å². The first-order valence-corrected chi connectivity index (χ1v) is 9.61. The lowest BCUT2D eigenvalue weighted by atomic mass is 10.1. The van der Waals surface area contributed by atoms with Crippen LogP contribution < -0.4 is 19.6 Å². The Hall–Kier alpha value is -4.06. The smallest absolute Gasteiger partial charge is 0.343 e. The number of carbonyl (C=O) groups excluding carboxylic acids is 1. The normalized spacial score (nSPS) is 10.7. The van der Waals surface area contributed by atoms with E-state index in [-0.39, 0.29) is 22.5 Å². The van der Waals surface area contributed by atoms with Crippen molar-refractivity contribution in [1.82, 2.24) is 0 Å². The lowest BCUT2D eigenvalue weighted by molar-refractivity contribution is 0.0735. The van der Waals surface area contributed by atoms with Gasteiger partial charge in [-0.3, -0.25) is 4.79 Å². The summed E-state index contributed by atoms with van der Waals surface area (Å²) in [6.45, 7) is 3.91. The molecule has 0 aliphatic rings. The predicted octanol–water partition coefficient (Wildman–Crippen LogP) is 5.43. The third-order valence-electron chi connectivity index (χ3n) is 4.67. The van der Waals surface area contributed by atoms with Crippen LogP contribution in [0, 0.1) is 13.8 Å². The third-order valence-corrected chi connectivity index (χ3v) is 4.67. The van der Waals surface area contributed by atoms with Gasteiger partial charge < -0.3 is 18.6 Å². The minimum Gasteiger partial charge on any atom is -0.497 e. The summed E-state index contributed by atoms with van der Waals surface area (Å²) in [5, 5.41) is 0.325. The van der Waals surface area contributed by atoms with Crippen LogP contribution in [0.5, 0.6) is 23.0 Å². The van der Waals surface area contributed by atoms with E-state index in [0.29, 0.717) is 22.4 Å². The molecule has 4 rings (SSSR count). The van der Waals surface area contributed by atoms with Gasteiger partial charge in [0.15, 0.2) is 0 Å². The number of methoxy groups -OCH3 is 1. The fourth-order valence-corrected chi connectivity index (χ4v) is 3.24. The van der Waals surface area contributed by atoms with Gasteiger partial charge in [-0.05, 0) is 73.5 Å². The number of rotatable bonds is 5. The number of carbonyl (C=O) groups is 1. The van der Waals surface area contributed by atoms with E-state index >= 15 is 0 Å². The van der Waals surface area contributed by atoms with Crippen LogP contribution in [0.3, 0.4) is 0 Å². The van der Waals surface area contributed by atoms with Crippen LogP contribution in [-0.2, 0) is 0 Å². The van der Waals surface area contributed by atoms with Crippen LogP contribution in [-0.4, -0.2) is 13.1 Å². The molecule has 6 nitrogen and oxygen atoms in total. The van der Waals surface area contributed by atoms with Crippen molar-refractivity contribution >= 4 is 16.9 Å². The maximum Gasteiger partial charge on any atom is 0.343 e. The van der Waals surface area contributed by atoms with Gasteiger partial charge in [0.1, 0.15) is 29.1 Å². The molecule has 0 amide bonds. The first-order valence-electron chi connectivity index (χ1n) is 9.61. The summed E-state index contributed by atoms with van der Waals surface area (Å²) in [6, 6.07) is 16.9. The predicted molar refractivity (Wildman–Crippen MR) is 116 cm³/mol. The van der Waals surface area contributed by atoms with Crippen molar-refractivity contribution in [3.8, 4) is 23.0 Å². The number of hydrogen-bond acceptors (Lipinski definition) is 6. The van der Waals surface area contributed by atoms with E-state index in [1.165, 1.54) is 12.3 Å². The molecule has 0 bridgehead atoms. The van der Waals surface area contributed by atoms with Gasteiger partial charge in [0.05, 0.1) is 18.1 Å². The van der Waals surface area contributed by atoms with E-state index in [9.17, 15) is 9.59 Å². The summed E-state index contributed by atoms with van der Waals surface area (Å²) >= 11 is 0. The van der Waals surface area contributed by atoms with Gasteiger partial charge in [0, 0.05) is 6.07 Å². The Morgan fingerprint density at radius 3 is 2.19 bits per heavy atom. The average molecular weight is 416 g/mol. The molecule has 1 heterocycles. The van der Waals surface area contributed by atoms with Crippen LogP contribution in [0.25, 0.3) is 11.0 Å². The molecule has 0 unspecified atom stereocenters. The van der Waals surface area contributed by atoms with Crippen molar-refractivity contribution in [3.63, 3.8) is 0 Å². The number of fused-ring (bicyclic) bond motifs is 1. The van der Waals surface area contributed by atoms with Crippen molar-refractivity contribution in [3.05, 3.63) is 93.8 Å². The summed E-state index contributed by atoms with van der Waals surface area (Å²) in [7, 11) is 1.55. The van der Waals surface area contributed by atoms with Crippen LogP contribution in [0.2, 0.25) is 0 Å². The van der Waals surface area contributed by atoms with Crippen molar-refractivity contribution in [2.24, 2.45) is 0 Å². The molecule has 0 fully saturated rings. The zero-order chi connectivity index (χ0) is 22.0. The molecule has 0 aliphatic heterocycles. The molecule has 0 spiro atoms. The third kappa shape index (κ3) is 4.43. The molecule has 4 aromatic rings. The lowest BCUT2D eigenvalue weighted by Gasteiger charge is -2.09. The monoisotopic (exact) mass is 416 g/mol. The van der Waals surface area contributed by atoms with Gasteiger partial charge in [0.2, 0.25) is 11.2 Å². The van der Waals surface area contributed by atoms with Crippen molar-refractivity contribution in [1.29, 1.82) is 0 Å². The molecule has 0 radical (unpaired) electrons. The number of ether oxygens (including phenoxy) is 3. The van der Waals surface area contributed by atoms with E-state index in [4.69, 9.17) is 18.6 Å². The Kier molecular flexibility index (Phi) is 5.45. The second-order valence-corrected chi connectivity index (χ2v) is 7.13. The molecular weight excluding hydrogens is 396 g/mol. The fourth-order valence-electron chi connectivity index (χ4n) is 3.24. The molecule has 1 aromatic heterocycles. The SMILES string of the molecule is COc1ccc(C(=O)Oc2ccc3c(=O)c(Oc4cc(C)cc(C)c4)coc3c2)cc1. The highest BCUT2D eigenvalue weighted by atomic mass is 16.5. The molecule has 156 valence electrons. The second kappa shape index (κ2) is 8.36. The molecule has 0 atom stereocenters. The van der Waals surface area contributed by atoms with Gasteiger partial charge >= 0.3 is 5.97 Å². The van der Waals surface area contributed by atoms with E-state index in [0.717, 1.165) is 11.1 Å². The molecule has 31 heavy (non-hydrogen) atoms. The molecule has 6 heteroatoms. The largest absolute Gasteiger partial charge is 0.497 e. The van der Waals surface area contributed by atoms with Crippen LogP contribution in [0.4, 0.5) is 0 Å². The van der Waals surface area contributed by atoms with Gasteiger partial charge in [-0.25, -0.2) is 4.79 Å². The zero-order valence-electron chi connectivity index (χ0n) is 17.3. The highest BCUT2D eigenvalue weighted by molar-refractivity contribution is 5.91. The maximum atomic E-state index is 12.8. The van der Waals surface area contributed by atoms with Crippen LogP contribution in [0.15, 0.2) is 76.1 Å². The van der Waals surface area contributed by atoms with Crippen molar-refractivity contribution < 1.29 is 23.4 Å². The van der Waals surface area contributed by atoms with E-state index in [2.05, 4.69) is 0 Å². The van der Waals surface area contributed by atoms with Gasteiger partial charge in [0.25, 0.3) is 0 Å². The van der Waals surface area contributed by atoms with Gasteiger partial charge in [-0.2, -0.15) is 0 Å². The fraction of sp³-hybridized carbons (Fsp3) is 0.120. The molecule has 0 saturated carbocycles. The second-order valence-electron chi connectivity index (χ2n) is 7.13. The van der Waals surface area contributed by atoms with E-state index in [1.54, 1.807) is 43.5 Å². The standard InChI is InChI=1S/C25H20O6/c1-15-10-16(2)12-20(11-15)30-23-14-29-22-13-19(8-9-21(22)24(23)26)31-25(27)17-4-6-18(28-3)7-5-17/h4-14H,1-3H3. The molecule has 3 aromatic carbocycles. The summed E-state index contributed by atoms with van der Waals surface area (Å²) < 4.78 is 21.8. The summed E-state index contributed by atoms with van der Waals surface area (Å²) in [5.74, 6) is 1.02. The summed E-state index contributed by atoms with van der Waals surface area (Å²) in [5.41, 5.74) is 2.41. The topological polar surface area (TPSA) is 75.0 Å². The highest BCUT2D eigenvalue weighted by Crippen LogP contribution is 2.26. The first-order chi connectivity index (χ1) is 14.9. The Morgan fingerprint density at radius 1 is 0.839 bits per heavy atom. The van der Waals surface area contributed by atoms with Crippen LogP contribution >= 0.6 is 0 Å². The summed E-state index contributed by atoms with van der Waals surface area (Å²) in [6.07, 6.45) is 1.26. The van der Waals surface area contributed by atoms with Gasteiger partial charge in [-0.1, -0.05) is 6.07 Å². The zero-order valence-corrected chi connectivity index (χ0v) is 17.3. The Balaban J connectivity index is 1.57. The van der Waals surface area contributed by atoms with Crippen molar-refractivity contribution in [2.45, 2.75) is 13.8 Å². The van der Waals surface area contributed by atoms with Gasteiger partial charge in [-0.15, -0.1) is 0 Å². The molecule has 0 saturated heterocycles. The van der Waals surface area contributed by atoms with E-state index in [1.807, 2.05) is 32.0 Å². The molecular formula is C25H20O6. The van der Waals surface area contributed by atoms with E-state index < -0.39 is 5.97 Å². The maximum absolute atomic E-state index is 12.8. The minimum atomic E-state index is -0.529. The van der Waals surface area contributed by atoms with Crippen LogP contribution in [0.1, 0.15) is 21.5 Å². The Morgan fingerprint density at radius 2 is 1.52 bits per heavy atom. The Labute approximate surface area is 178 Å². The Bertz CT molecular complexity index is 1300. The molecule has 0 aliphatic carbocycles. The quantitative estimate of drug-likeness (QED) is 0.319. The number of aryl methyl sites for hydroxylation is 2. The minimum absolute atomic E-state index is 0.0838. The summed E-state index contributed by atoms with van der Waals surface area (Å²) in [4.78, 5) is 25.2. The lowest BCUT2D eigenvalue weighted by Crippen LogP contribution is -2.09. The number of benzene rings is 3. The first kappa shape index (κ1) is 20.2. The molecule has 0 N–H and O–H groups in total. The number of esters is 1. The highest BCUT2D eigenvalue weighted by Gasteiger charge is 2.13.